The molecule has 3 N–H and O–H groups in total. The molecule has 0 saturated heterocycles. The number of rotatable bonds is 4. The second-order valence-corrected chi connectivity index (χ2v) is 3.71. The number of carbonyl (C=O) groups excluding carboxylic acids is 1. The Morgan fingerprint density at radius 1 is 1.60 bits per heavy atom. The molecule has 0 fully saturated rings. The number of aliphatic hydroxyl groups is 2. The molecule has 1 rings (SSSR count). The summed E-state index contributed by atoms with van der Waals surface area (Å²) in [5.41, 5.74) is -0.764. The molecule has 15 heavy (non-hydrogen) atoms. The Morgan fingerprint density at radius 2 is 2.20 bits per heavy atom. The second-order valence-electron chi connectivity index (χ2n) is 3.71. The molecule has 0 saturated carbocycles. The first-order chi connectivity index (χ1) is 7.00. The fraction of sp³-hybridized carbons (Fsp3) is 0.556. The van der Waals surface area contributed by atoms with E-state index in [9.17, 15) is 4.79 Å². The second kappa shape index (κ2) is 4.41. The van der Waals surface area contributed by atoms with Crippen LogP contribution in [0.5, 0.6) is 0 Å². The van der Waals surface area contributed by atoms with E-state index in [2.05, 4.69) is 10.4 Å². The zero-order chi connectivity index (χ0) is 11.5. The molecule has 0 spiro atoms. The van der Waals surface area contributed by atoms with Gasteiger partial charge in [0.05, 0.1) is 18.8 Å². The summed E-state index contributed by atoms with van der Waals surface area (Å²) in [6.07, 6.45) is 1.64. The third-order valence-electron chi connectivity index (χ3n) is 2.06. The van der Waals surface area contributed by atoms with Crippen molar-refractivity contribution < 1.29 is 15.0 Å². The minimum atomic E-state index is -1.02. The average molecular weight is 213 g/mol. The van der Waals surface area contributed by atoms with Gasteiger partial charge in [0, 0.05) is 13.2 Å². The average Bonchev–Trinajstić information content (AvgIpc) is 2.65. The van der Waals surface area contributed by atoms with Crippen LogP contribution >= 0.6 is 0 Å². The first-order valence-electron chi connectivity index (χ1n) is 4.54. The molecule has 1 aromatic heterocycles. The number of aryl methyl sites for hydroxylation is 1. The van der Waals surface area contributed by atoms with Gasteiger partial charge in [-0.25, -0.2) is 0 Å². The predicted molar refractivity (Wildman–Crippen MR) is 53.3 cm³/mol. The van der Waals surface area contributed by atoms with Crippen molar-refractivity contribution in [2.45, 2.75) is 12.5 Å². The number of aliphatic hydroxyl groups excluding tert-OH is 2. The molecule has 0 bridgehead atoms. The number of nitrogens with one attached hydrogen (secondary N) is 1. The summed E-state index contributed by atoms with van der Waals surface area (Å²) in [5, 5.41) is 24.4. The van der Waals surface area contributed by atoms with E-state index in [-0.39, 0.29) is 18.9 Å². The fourth-order valence-electron chi connectivity index (χ4n) is 1.00. The number of nitrogens with zero attached hydrogens (tertiary/aromatic N) is 2. The summed E-state index contributed by atoms with van der Waals surface area (Å²) in [4.78, 5) is 11.6. The van der Waals surface area contributed by atoms with E-state index in [1.54, 1.807) is 26.2 Å². The van der Waals surface area contributed by atoms with Crippen LogP contribution < -0.4 is 5.32 Å². The molecule has 0 atom stereocenters. The summed E-state index contributed by atoms with van der Waals surface area (Å²) in [7, 11) is 1.70. The van der Waals surface area contributed by atoms with E-state index in [1.165, 1.54) is 4.68 Å². The Balaban J connectivity index is 2.71. The van der Waals surface area contributed by atoms with Gasteiger partial charge >= 0.3 is 0 Å². The van der Waals surface area contributed by atoms with Crippen LogP contribution in [0.2, 0.25) is 0 Å². The van der Waals surface area contributed by atoms with Crippen molar-refractivity contribution in [3.8, 4) is 0 Å². The molecule has 84 valence electrons. The number of aromatic nitrogens is 2. The maximum atomic E-state index is 11.6. The van der Waals surface area contributed by atoms with Crippen molar-refractivity contribution in [1.29, 1.82) is 0 Å². The van der Waals surface area contributed by atoms with Crippen molar-refractivity contribution in [1.82, 2.24) is 15.1 Å². The Morgan fingerprint density at radius 3 is 2.60 bits per heavy atom. The Kier molecular flexibility index (Phi) is 3.43. The molecule has 0 unspecified atom stereocenters. The van der Waals surface area contributed by atoms with Gasteiger partial charge in [-0.05, 0) is 13.0 Å². The third kappa shape index (κ3) is 2.77. The molecular weight excluding hydrogens is 198 g/mol. The van der Waals surface area contributed by atoms with Crippen molar-refractivity contribution >= 4 is 5.91 Å². The van der Waals surface area contributed by atoms with Gasteiger partial charge in [-0.15, -0.1) is 0 Å². The van der Waals surface area contributed by atoms with Gasteiger partial charge in [0.1, 0.15) is 5.69 Å². The first kappa shape index (κ1) is 11.7. The Labute approximate surface area is 87.5 Å². The van der Waals surface area contributed by atoms with Gasteiger partial charge in [0.25, 0.3) is 5.91 Å². The summed E-state index contributed by atoms with van der Waals surface area (Å²) in [6.45, 7) is 0.887. The molecule has 6 heteroatoms. The molecule has 6 nitrogen and oxygen atoms in total. The molecule has 1 heterocycles. The van der Waals surface area contributed by atoms with Crippen LogP contribution in [0.15, 0.2) is 12.3 Å². The molecule has 0 aliphatic heterocycles. The smallest absolute Gasteiger partial charge is 0.272 e. The van der Waals surface area contributed by atoms with E-state index in [4.69, 9.17) is 10.2 Å². The minimum Gasteiger partial charge on any atom is -0.394 e. The lowest BCUT2D eigenvalue weighted by atomic mass is 10.1. The normalized spacial score (nSPS) is 11.5. The molecular formula is C9H15N3O3. The molecule has 0 radical (unpaired) electrons. The highest BCUT2D eigenvalue weighted by molar-refractivity contribution is 5.92. The monoisotopic (exact) mass is 213 g/mol. The fourth-order valence-corrected chi connectivity index (χ4v) is 1.00. The number of amides is 1. The van der Waals surface area contributed by atoms with Crippen molar-refractivity contribution in [3.05, 3.63) is 18.0 Å². The van der Waals surface area contributed by atoms with Gasteiger partial charge in [0.2, 0.25) is 0 Å². The zero-order valence-electron chi connectivity index (χ0n) is 8.77. The molecule has 0 aromatic carbocycles. The van der Waals surface area contributed by atoms with E-state index in [1.807, 2.05) is 0 Å². The third-order valence-corrected chi connectivity index (χ3v) is 2.06. The largest absolute Gasteiger partial charge is 0.394 e. The lowest BCUT2D eigenvalue weighted by Gasteiger charge is -2.25. The van der Waals surface area contributed by atoms with Crippen LogP contribution in [0.1, 0.15) is 17.4 Å². The van der Waals surface area contributed by atoms with Crippen molar-refractivity contribution in [2.75, 3.05) is 13.2 Å². The van der Waals surface area contributed by atoms with Gasteiger partial charge in [-0.3, -0.25) is 9.48 Å². The van der Waals surface area contributed by atoms with Gasteiger partial charge < -0.3 is 15.5 Å². The van der Waals surface area contributed by atoms with Crippen LogP contribution in [0, 0.1) is 0 Å². The van der Waals surface area contributed by atoms with E-state index in [0.29, 0.717) is 0 Å². The van der Waals surface area contributed by atoms with Crippen molar-refractivity contribution in [3.63, 3.8) is 0 Å². The lowest BCUT2D eigenvalue weighted by Crippen LogP contribution is -2.51. The topological polar surface area (TPSA) is 87.4 Å². The molecule has 0 aliphatic carbocycles. The Hall–Kier alpha value is -1.40. The lowest BCUT2D eigenvalue weighted by molar-refractivity contribution is 0.0719. The highest BCUT2D eigenvalue weighted by atomic mass is 16.3. The highest BCUT2D eigenvalue weighted by Gasteiger charge is 2.25. The quantitative estimate of drug-likeness (QED) is 0.592. The highest BCUT2D eigenvalue weighted by Crippen LogP contribution is 2.03. The molecule has 0 aliphatic rings. The van der Waals surface area contributed by atoms with Gasteiger partial charge in [0.15, 0.2) is 0 Å². The number of hydrogen-bond donors (Lipinski definition) is 3. The SMILES string of the molecule is Cn1ccc(C(=O)NC(C)(CO)CO)n1. The van der Waals surface area contributed by atoms with Crippen LogP contribution in [0.25, 0.3) is 0 Å². The maximum absolute atomic E-state index is 11.6. The van der Waals surface area contributed by atoms with Crippen LogP contribution in [0.3, 0.4) is 0 Å². The molecule has 1 amide bonds. The van der Waals surface area contributed by atoms with E-state index in [0.717, 1.165) is 0 Å². The van der Waals surface area contributed by atoms with Crippen molar-refractivity contribution in [2.24, 2.45) is 7.05 Å². The van der Waals surface area contributed by atoms with Crippen LogP contribution in [-0.2, 0) is 7.05 Å². The first-order valence-corrected chi connectivity index (χ1v) is 4.54. The summed E-state index contributed by atoms with van der Waals surface area (Å²) >= 11 is 0. The maximum Gasteiger partial charge on any atom is 0.272 e. The zero-order valence-corrected chi connectivity index (χ0v) is 8.77. The van der Waals surface area contributed by atoms with E-state index < -0.39 is 11.4 Å². The van der Waals surface area contributed by atoms with E-state index >= 15 is 0 Å². The van der Waals surface area contributed by atoms with Crippen LogP contribution in [0.4, 0.5) is 0 Å². The summed E-state index contributed by atoms with van der Waals surface area (Å²) in [6, 6.07) is 1.56. The van der Waals surface area contributed by atoms with Gasteiger partial charge in [-0.1, -0.05) is 0 Å². The predicted octanol–water partition coefficient (Wildman–Crippen LogP) is -1.11. The number of carbonyl (C=O) groups is 1. The standard InChI is InChI=1S/C9H15N3O3/c1-9(5-13,6-14)10-8(15)7-3-4-12(2)11-7/h3-4,13-14H,5-6H2,1-2H3,(H,10,15). The van der Waals surface area contributed by atoms with Crippen LogP contribution in [-0.4, -0.2) is 44.7 Å². The summed E-state index contributed by atoms with van der Waals surface area (Å²) in [5.74, 6) is -0.416. The summed E-state index contributed by atoms with van der Waals surface area (Å²) < 4.78 is 1.50. The Bertz CT molecular complexity index is 344. The van der Waals surface area contributed by atoms with Gasteiger partial charge in [-0.2, -0.15) is 5.10 Å². The molecule has 1 aromatic rings. The minimum absolute atomic E-state index is 0.255. The number of hydrogen-bond acceptors (Lipinski definition) is 4.